The maximum Gasteiger partial charge on any atom is 0.172 e. The van der Waals surface area contributed by atoms with Gasteiger partial charge in [0.1, 0.15) is 0 Å². The van der Waals surface area contributed by atoms with E-state index < -0.39 is 0 Å². The first-order chi connectivity index (χ1) is 9.01. The zero-order chi connectivity index (χ0) is 14.0. The molecule has 0 aromatic heterocycles. The van der Waals surface area contributed by atoms with Gasteiger partial charge in [0.25, 0.3) is 0 Å². The summed E-state index contributed by atoms with van der Waals surface area (Å²) in [6.07, 6.45) is 1.48. The van der Waals surface area contributed by atoms with E-state index >= 15 is 0 Å². The molecule has 0 heterocycles. The number of amidine groups is 1. The van der Waals surface area contributed by atoms with Crippen LogP contribution < -0.4 is 10.6 Å². The molecule has 2 rings (SSSR count). The molecule has 4 N–H and O–H groups in total. The van der Waals surface area contributed by atoms with E-state index in [4.69, 9.17) is 22.5 Å². The number of rotatable bonds is 4. The molecular formula is C13H18ClN3O2. The molecular weight excluding hydrogens is 266 g/mol. The summed E-state index contributed by atoms with van der Waals surface area (Å²) < 4.78 is 0. The molecule has 1 saturated carbocycles. The van der Waals surface area contributed by atoms with Gasteiger partial charge in [0.2, 0.25) is 0 Å². The number of aliphatic hydroxyl groups excluding tert-OH is 1. The minimum Gasteiger partial charge on any atom is -0.409 e. The smallest absolute Gasteiger partial charge is 0.172 e. The molecule has 0 bridgehead atoms. The highest BCUT2D eigenvalue weighted by atomic mass is 35.5. The summed E-state index contributed by atoms with van der Waals surface area (Å²) in [5.74, 6) is 0.534. The number of nitrogens with two attached hydrogens (primary N) is 1. The van der Waals surface area contributed by atoms with Gasteiger partial charge in [-0.3, -0.25) is 0 Å². The maximum absolute atomic E-state index is 9.31. The number of anilines is 1. The SMILES string of the molecule is CN(CC1CC(O)C1)c1cc(Cl)ccc1C(N)=NO. The lowest BCUT2D eigenvalue weighted by Gasteiger charge is -2.35. The third-order valence-electron chi connectivity index (χ3n) is 3.50. The highest BCUT2D eigenvalue weighted by Crippen LogP contribution is 2.31. The van der Waals surface area contributed by atoms with E-state index in [0.29, 0.717) is 16.5 Å². The zero-order valence-corrected chi connectivity index (χ0v) is 11.5. The quantitative estimate of drug-likeness (QED) is 0.340. The predicted molar refractivity (Wildman–Crippen MR) is 76.0 cm³/mol. The van der Waals surface area contributed by atoms with Crippen LogP contribution >= 0.6 is 11.6 Å². The van der Waals surface area contributed by atoms with Gasteiger partial charge in [-0.15, -0.1) is 0 Å². The summed E-state index contributed by atoms with van der Waals surface area (Å²) in [5.41, 5.74) is 7.14. The van der Waals surface area contributed by atoms with Gasteiger partial charge in [0.05, 0.1) is 6.10 Å². The molecule has 19 heavy (non-hydrogen) atoms. The summed E-state index contributed by atoms with van der Waals surface area (Å²) in [5, 5.41) is 21.8. The van der Waals surface area contributed by atoms with Crippen LogP contribution in [-0.4, -0.2) is 35.8 Å². The Balaban J connectivity index is 2.19. The second-order valence-electron chi connectivity index (χ2n) is 5.02. The third kappa shape index (κ3) is 3.11. The summed E-state index contributed by atoms with van der Waals surface area (Å²) in [4.78, 5) is 2.02. The Morgan fingerprint density at radius 2 is 2.21 bits per heavy atom. The second kappa shape index (κ2) is 5.67. The first kappa shape index (κ1) is 14.0. The van der Waals surface area contributed by atoms with Crippen molar-refractivity contribution >= 4 is 23.1 Å². The first-order valence-electron chi connectivity index (χ1n) is 6.18. The topological polar surface area (TPSA) is 82.1 Å². The van der Waals surface area contributed by atoms with Crippen molar-refractivity contribution in [1.29, 1.82) is 0 Å². The number of hydrogen-bond donors (Lipinski definition) is 3. The molecule has 6 heteroatoms. The number of aliphatic hydroxyl groups is 1. The lowest BCUT2D eigenvalue weighted by atomic mass is 9.82. The standard InChI is InChI=1S/C13H18ClN3O2/c1-17(7-8-4-10(18)5-8)12-6-9(14)2-3-11(12)13(15)16-19/h2-3,6,8,10,18-19H,4-5,7H2,1H3,(H2,15,16). The Morgan fingerprint density at radius 3 is 2.79 bits per heavy atom. The van der Waals surface area contributed by atoms with Crippen molar-refractivity contribution in [1.82, 2.24) is 0 Å². The second-order valence-corrected chi connectivity index (χ2v) is 5.45. The number of hydrogen-bond acceptors (Lipinski definition) is 4. The molecule has 1 aromatic carbocycles. The summed E-state index contributed by atoms with van der Waals surface area (Å²) in [6, 6.07) is 5.24. The molecule has 0 radical (unpaired) electrons. The van der Waals surface area contributed by atoms with Crippen LogP contribution in [0.4, 0.5) is 5.69 Å². The summed E-state index contributed by atoms with van der Waals surface area (Å²) >= 11 is 6.01. The minimum atomic E-state index is -0.165. The van der Waals surface area contributed by atoms with E-state index in [0.717, 1.165) is 25.1 Å². The van der Waals surface area contributed by atoms with Gasteiger partial charge in [-0.2, -0.15) is 0 Å². The lowest BCUT2D eigenvalue weighted by Crippen LogP contribution is -2.37. The van der Waals surface area contributed by atoms with Gasteiger partial charge >= 0.3 is 0 Å². The largest absolute Gasteiger partial charge is 0.409 e. The highest BCUT2D eigenvalue weighted by molar-refractivity contribution is 6.31. The molecule has 0 spiro atoms. The Morgan fingerprint density at radius 1 is 1.53 bits per heavy atom. The average Bonchev–Trinajstić information content (AvgIpc) is 2.35. The molecule has 5 nitrogen and oxygen atoms in total. The number of benzene rings is 1. The van der Waals surface area contributed by atoms with Gasteiger partial charge < -0.3 is 20.9 Å². The molecule has 104 valence electrons. The predicted octanol–water partition coefficient (Wildman–Crippen LogP) is 1.64. The van der Waals surface area contributed by atoms with Gasteiger partial charge in [0, 0.05) is 29.9 Å². The molecule has 0 saturated heterocycles. The van der Waals surface area contributed by atoms with Crippen LogP contribution in [0.15, 0.2) is 23.4 Å². The Bertz CT molecular complexity index is 487. The molecule has 1 fully saturated rings. The van der Waals surface area contributed by atoms with Gasteiger partial charge in [0.15, 0.2) is 5.84 Å². The fourth-order valence-corrected chi connectivity index (χ4v) is 2.59. The van der Waals surface area contributed by atoms with Crippen molar-refractivity contribution in [3.63, 3.8) is 0 Å². The van der Waals surface area contributed by atoms with Crippen LogP contribution in [0.3, 0.4) is 0 Å². The van der Waals surface area contributed by atoms with E-state index in [-0.39, 0.29) is 11.9 Å². The first-order valence-corrected chi connectivity index (χ1v) is 6.55. The molecule has 0 amide bonds. The number of halogens is 1. The van der Waals surface area contributed by atoms with Crippen molar-refractivity contribution in [2.45, 2.75) is 18.9 Å². The average molecular weight is 284 g/mol. The van der Waals surface area contributed by atoms with Crippen molar-refractivity contribution < 1.29 is 10.3 Å². The van der Waals surface area contributed by atoms with Gasteiger partial charge in [-0.1, -0.05) is 16.8 Å². The molecule has 1 aliphatic rings. The minimum absolute atomic E-state index is 0.0622. The zero-order valence-electron chi connectivity index (χ0n) is 10.8. The van der Waals surface area contributed by atoms with E-state index in [1.54, 1.807) is 18.2 Å². The van der Waals surface area contributed by atoms with Gasteiger partial charge in [-0.05, 0) is 37.0 Å². The van der Waals surface area contributed by atoms with Crippen molar-refractivity contribution in [2.24, 2.45) is 16.8 Å². The molecule has 1 aliphatic carbocycles. The van der Waals surface area contributed by atoms with E-state index in [1.807, 2.05) is 11.9 Å². The van der Waals surface area contributed by atoms with Gasteiger partial charge in [-0.25, -0.2) is 0 Å². The van der Waals surface area contributed by atoms with Crippen LogP contribution in [0.2, 0.25) is 5.02 Å². The van der Waals surface area contributed by atoms with E-state index in [9.17, 15) is 5.11 Å². The van der Waals surface area contributed by atoms with Crippen LogP contribution in [0.5, 0.6) is 0 Å². The highest BCUT2D eigenvalue weighted by Gasteiger charge is 2.28. The van der Waals surface area contributed by atoms with Crippen LogP contribution in [0, 0.1) is 5.92 Å². The van der Waals surface area contributed by atoms with E-state index in [1.165, 1.54) is 0 Å². The monoisotopic (exact) mass is 283 g/mol. The van der Waals surface area contributed by atoms with Crippen molar-refractivity contribution in [3.05, 3.63) is 28.8 Å². The van der Waals surface area contributed by atoms with E-state index in [2.05, 4.69) is 5.16 Å². The third-order valence-corrected chi connectivity index (χ3v) is 3.73. The molecule has 1 aromatic rings. The Kier molecular flexibility index (Phi) is 4.17. The number of nitrogens with zero attached hydrogens (tertiary/aromatic N) is 2. The molecule has 0 atom stereocenters. The Hall–Kier alpha value is -1.46. The van der Waals surface area contributed by atoms with Crippen LogP contribution in [-0.2, 0) is 0 Å². The van der Waals surface area contributed by atoms with Crippen LogP contribution in [0.25, 0.3) is 0 Å². The fourth-order valence-electron chi connectivity index (χ4n) is 2.43. The molecule has 0 aliphatic heterocycles. The molecule has 0 unspecified atom stereocenters. The van der Waals surface area contributed by atoms with Crippen molar-refractivity contribution in [2.75, 3.05) is 18.5 Å². The number of oxime groups is 1. The summed E-state index contributed by atoms with van der Waals surface area (Å²) in [7, 11) is 1.94. The maximum atomic E-state index is 9.31. The van der Waals surface area contributed by atoms with Crippen molar-refractivity contribution in [3.8, 4) is 0 Å². The van der Waals surface area contributed by atoms with Crippen LogP contribution in [0.1, 0.15) is 18.4 Å². The fraction of sp³-hybridized carbons (Fsp3) is 0.462. The Labute approximate surface area is 117 Å². The summed E-state index contributed by atoms with van der Waals surface area (Å²) in [6.45, 7) is 0.809. The normalized spacial score (nSPS) is 23.0. The lowest BCUT2D eigenvalue weighted by molar-refractivity contribution is 0.0465.